The fraction of sp³-hybridized carbons (Fsp3) is 0.250. The number of hydrogen-bond donors (Lipinski definition) is 1. The summed E-state index contributed by atoms with van der Waals surface area (Å²) >= 11 is 7.49. The van der Waals surface area contributed by atoms with Crippen molar-refractivity contribution in [3.63, 3.8) is 0 Å². The molecule has 3 rings (SSSR count). The minimum absolute atomic E-state index is 0.0862. The lowest BCUT2D eigenvalue weighted by Crippen LogP contribution is -2.26. The fourth-order valence-corrected chi connectivity index (χ4v) is 4.01. The van der Waals surface area contributed by atoms with Crippen LogP contribution in [0.1, 0.15) is 40.7 Å². The van der Waals surface area contributed by atoms with Gasteiger partial charge >= 0.3 is 0 Å². The highest BCUT2D eigenvalue weighted by Gasteiger charge is 2.21. The van der Waals surface area contributed by atoms with Crippen LogP contribution in [0, 0.1) is 0 Å². The molecule has 5 heteroatoms. The van der Waals surface area contributed by atoms with Crippen LogP contribution in [0.5, 0.6) is 5.75 Å². The summed E-state index contributed by atoms with van der Waals surface area (Å²) in [5.74, 6) is 0.440. The number of carbonyl (C=O) groups is 1. The van der Waals surface area contributed by atoms with Crippen LogP contribution < -0.4 is 10.1 Å². The van der Waals surface area contributed by atoms with Crippen molar-refractivity contribution >= 4 is 38.9 Å². The molecule has 1 atom stereocenters. The zero-order valence-electron chi connectivity index (χ0n) is 14.4. The molecule has 0 saturated heterocycles. The summed E-state index contributed by atoms with van der Waals surface area (Å²) in [6, 6.07) is 13.8. The molecule has 1 N–H and O–H groups in total. The number of amides is 1. The molecule has 1 amide bonds. The molecule has 3 aromatic rings. The van der Waals surface area contributed by atoms with Crippen LogP contribution in [0.4, 0.5) is 0 Å². The van der Waals surface area contributed by atoms with E-state index >= 15 is 0 Å². The number of aryl methyl sites for hydroxylation is 1. The van der Waals surface area contributed by atoms with Crippen molar-refractivity contribution in [2.75, 3.05) is 7.11 Å². The van der Waals surface area contributed by atoms with Crippen LogP contribution in [0.2, 0.25) is 5.02 Å². The van der Waals surface area contributed by atoms with E-state index in [2.05, 4.69) is 36.5 Å². The smallest absolute Gasteiger partial charge is 0.265 e. The highest BCUT2D eigenvalue weighted by molar-refractivity contribution is 7.21. The van der Waals surface area contributed by atoms with E-state index in [1.165, 1.54) is 16.9 Å². The topological polar surface area (TPSA) is 38.3 Å². The zero-order chi connectivity index (χ0) is 18.0. The van der Waals surface area contributed by atoms with Crippen molar-refractivity contribution in [1.82, 2.24) is 5.32 Å². The normalized spacial score (nSPS) is 12.2. The summed E-state index contributed by atoms with van der Waals surface area (Å²) in [6.45, 7) is 4.11. The standard InChI is InChI=1S/C20H20ClNO2S/c1-4-13-5-7-14(8-6-13)12(2)22-20(23)19-18(24-3)16-11-15(21)9-10-17(16)25-19/h5-12H,4H2,1-3H3,(H,22,23). The van der Waals surface area contributed by atoms with E-state index in [0.29, 0.717) is 15.6 Å². The Morgan fingerprint density at radius 3 is 2.60 bits per heavy atom. The quantitative estimate of drug-likeness (QED) is 0.630. The molecule has 0 spiro atoms. The maximum absolute atomic E-state index is 12.8. The van der Waals surface area contributed by atoms with Crippen LogP contribution in [0.3, 0.4) is 0 Å². The van der Waals surface area contributed by atoms with Gasteiger partial charge in [0.05, 0.1) is 13.2 Å². The molecule has 130 valence electrons. The maximum Gasteiger partial charge on any atom is 0.265 e. The molecule has 0 saturated carbocycles. The number of halogens is 1. The summed E-state index contributed by atoms with van der Waals surface area (Å²) in [6.07, 6.45) is 1.00. The summed E-state index contributed by atoms with van der Waals surface area (Å²) in [4.78, 5) is 13.3. The number of rotatable bonds is 5. The summed E-state index contributed by atoms with van der Waals surface area (Å²) in [5.41, 5.74) is 2.36. The van der Waals surface area contributed by atoms with Gasteiger partial charge in [0.2, 0.25) is 0 Å². The number of nitrogens with one attached hydrogen (secondary N) is 1. The first-order chi connectivity index (χ1) is 12.0. The van der Waals surface area contributed by atoms with Gasteiger partial charge in [0.1, 0.15) is 10.6 Å². The molecule has 0 fully saturated rings. The highest BCUT2D eigenvalue weighted by Crippen LogP contribution is 2.39. The van der Waals surface area contributed by atoms with Crippen LogP contribution >= 0.6 is 22.9 Å². The van der Waals surface area contributed by atoms with E-state index in [1.807, 2.05) is 25.1 Å². The van der Waals surface area contributed by atoms with Crippen molar-refractivity contribution in [2.45, 2.75) is 26.3 Å². The van der Waals surface area contributed by atoms with Crippen molar-refractivity contribution in [2.24, 2.45) is 0 Å². The van der Waals surface area contributed by atoms with Gasteiger partial charge in [-0.25, -0.2) is 0 Å². The molecule has 1 aromatic heterocycles. The van der Waals surface area contributed by atoms with Gasteiger partial charge in [-0.05, 0) is 42.7 Å². The lowest BCUT2D eigenvalue weighted by atomic mass is 10.0. The highest BCUT2D eigenvalue weighted by atomic mass is 35.5. The molecule has 0 aliphatic rings. The minimum Gasteiger partial charge on any atom is -0.494 e. The van der Waals surface area contributed by atoms with Gasteiger partial charge in [0.25, 0.3) is 5.91 Å². The molecule has 0 aliphatic heterocycles. The number of ether oxygens (including phenoxy) is 1. The minimum atomic E-state index is -0.138. The van der Waals surface area contributed by atoms with Crippen LogP contribution in [0.25, 0.3) is 10.1 Å². The Morgan fingerprint density at radius 1 is 1.24 bits per heavy atom. The van der Waals surface area contributed by atoms with E-state index < -0.39 is 0 Å². The number of benzene rings is 2. The van der Waals surface area contributed by atoms with E-state index in [-0.39, 0.29) is 11.9 Å². The fourth-order valence-electron chi connectivity index (χ4n) is 2.79. The van der Waals surface area contributed by atoms with Crippen LogP contribution in [0.15, 0.2) is 42.5 Å². The average molecular weight is 374 g/mol. The Kier molecular flexibility index (Phi) is 5.30. The number of thiophene rings is 1. The molecule has 0 bridgehead atoms. The summed E-state index contributed by atoms with van der Waals surface area (Å²) in [7, 11) is 1.58. The van der Waals surface area contributed by atoms with Crippen LogP contribution in [-0.4, -0.2) is 13.0 Å². The second-order valence-electron chi connectivity index (χ2n) is 5.90. The third kappa shape index (κ3) is 3.65. The Balaban J connectivity index is 1.86. The first-order valence-electron chi connectivity index (χ1n) is 8.19. The Bertz CT molecular complexity index is 902. The Labute approximate surface area is 156 Å². The largest absolute Gasteiger partial charge is 0.494 e. The third-order valence-electron chi connectivity index (χ3n) is 4.25. The van der Waals surface area contributed by atoms with E-state index in [0.717, 1.165) is 22.1 Å². The van der Waals surface area contributed by atoms with Gasteiger partial charge in [-0.1, -0.05) is 42.8 Å². The molecular weight excluding hydrogens is 354 g/mol. The first-order valence-corrected chi connectivity index (χ1v) is 9.38. The van der Waals surface area contributed by atoms with Gasteiger partial charge in [-0.2, -0.15) is 0 Å². The zero-order valence-corrected chi connectivity index (χ0v) is 16.0. The van der Waals surface area contributed by atoms with E-state index in [9.17, 15) is 4.79 Å². The lowest BCUT2D eigenvalue weighted by molar-refractivity contribution is 0.0941. The number of methoxy groups -OCH3 is 1. The molecular formula is C20H20ClNO2S. The van der Waals surface area contributed by atoms with Gasteiger partial charge < -0.3 is 10.1 Å². The second-order valence-corrected chi connectivity index (χ2v) is 7.38. The Morgan fingerprint density at radius 2 is 1.96 bits per heavy atom. The number of hydrogen-bond acceptors (Lipinski definition) is 3. The average Bonchev–Trinajstić information content (AvgIpc) is 2.99. The monoisotopic (exact) mass is 373 g/mol. The molecule has 25 heavy (non-hydrogen) atoms. The van der Waals surface area contributed by atoms with Gasteiger partial charge in [-0.3, -0.25) is 4.79 Å². The van der Waals surface area contributed by atoms with Gasteiger partial charge in [0.15, 0.2) is 0 Å². The molecule has 0 aliphatic carbocycles. The molecule has 0 radical (unpaired) electrons. The molecule has 2 aromatic carbocycles. The third-order valence-corrected chi connectivity index (χ3v) is 5.64. The second kappa shape index (κ2) is 7.46. The van der Waals surface area contributed by atoms with Crippen molar-refractivity contribution in [1.29, 1.82) is 0 Å². The predicted molar refractivity (Wildman–Crippen MR) is 105 cm³/mol. The summed E-state index contributed by atoms with van der Waals surface area (Å²) < 4.78 is 6.46. The number of carbonyl (C=O) groups excluding carboxylic acids is 1. The molecule has 1 heterocycles. The first kappa shape index (κ1) is 17.8. The van der Waals surface area contributed by atoms with Crippen molar-refractivity contribution < 1.29 is 9.53 Å². The van der Waals surface area contributed by atoms with Crippen molar-refractivity contribution in [3.05, 3.63) is 63.5 Å². The van der Waals surface area contributed by atoms with Crippen LogP contribution in [-0.2, 0) is 6.42 Å². The van der Waals surface area contributed by atoms with E-state index in [1.54, 1.807) is 7.11 Å². The maximum atomic E-state index is 12.8. The van der Waals surface area contributed by atoms with E-state index in [4.69, 9.17) is 16.3 Å². The van der Waals surface area contributed by atoms with Crippen molar-refractivity contribution in [3.8, 4) is 5.75 Å². The van der Waals surface area contributed by atoms with Gasteiger partial charge in [-0.15, -0.1) is 11.3 Å². The lowest BCUT2D eigenvalue weighted by Gasteiger charge is -2.14. The van der Waals surface area contributed by atoms with Gasteiger partial charge in [0, 0.05) is 15.1 Å². The molecule has 1 unspecified atom stereocenters. The SMILES string of the molecule is CCc1ccc(C(C)NC(=O)c2sc3ccc(Cl)cc3c2OC)cc1. The predicted octanol–water partition coefficient (Wildman–Crippen LogP) is 5.62. The Hall–Kier alpha value is -2.04. The molecule has 3 nitrogen and oxygen atoms in total. The number of fused-ring (bicyclic) bond motifs is 1. The summed E-state index contributed by atoms with van der Waals surface area (Å²) in [5, 5.41) is 4.55.